The predicted molar refractivity (Wildman–Crippen MR) is 235 cm³/mol. The molecule has 11 atom stereocenters. The van der Waals surface area contributed by atoms with Crippen molar-refractivity contribution in [1.82, 2.24) is 15.1 Å². The quantitative estimate of drug-likeness (QED) is 0.0908. The molecule has 10 N–H and O–H groups in total. The summed E-state index contributed by atoms with van der Waals surface area (Å²) < 4.78 is 34.0. The fourth-order valence-corrected chi connectivity index (χ4v) is 6.97. The number of primary amides is 1. The number of hydrogen-bond acceptors (Lipinski definition) is 17. The summed E-state index contributed by atoms with van der Waals surface area (Å²) in [6, 6.07) is 16.4. The number of aliphatic hydroxyl groups is 7. The zero-order valence-electron chi connectivity index (χ0n) is 38.0. The molecule has 0 bridgehead atoms. The van der Waals surface area contributed by atoms with E-state index in [4.69, 9.17) is 39.3 Å². The van der Waals surface area contributed by atoms with Crippen LogP contribution in [0.1, 0.15) is 78.1 Å². The Labute approximate surface area is 380 Å². The zero-order chi connectivity index (χ0) is 48.5. The van der Waals surface area contributed by atoms with Crippen LogP contribution in [0.3, 0.4) is 0 Å². The molecule has 2 heterocycles. The van der Waals surface area contributed by atoms with Gasteiger partial charge in [-0.05, 0) is 54.4 Å². The summed E-state index contributed by atoms with van der Waals surface area (Å²) in [7, 11) is 0. The molecule has 2 aliphatic rings. The maximum absolute atomic E-state index is 13.6. The number of nitrogens with one attached hydrogen (secondary N) is 1. The molecular formula is C45H70N4O16. The Kier molecular flexibility index (Phi) is 22.0. The van der Waals surface area contributed by atoms with Gasteiger partial charge in [-0.3, -0.25) is 14.6 Å². The first-order chi connectivity index (χ1) is 30.5. The summed E-state index contributed by atoms with van der Waals surface area (Å²) in [5.74, 6) is -0.872. The van der Waals surface area contributed by atoms with Gasteiger partial charge < -0.3 is 75.2 Å². The maximum atomic E-state index is 13.6. The van der Waals surface area contributed by atoms with Crippen molar-refractivity contribution in [2.45, 2.75) is 133 Å². The predicted octanol–water partition coefficient (Wildman–Crippen LogP) is 1.77. The summed E-state index contributed by atoms with van der Waals surface area (Å²) in [5.41, 5.74) is 5.31. The number of amides is 3. The molecule has 0 spiro atoms. The molecule has 2 fully saturated rings. The van der Waals surface area contributed by atoms with Crippen LogP contribution in [0.2, 0.25) is 0 Å². The number of alkyl carbamates (subject to hydrolysis) is 1. The lowest BCUT2D eigenvalue weighted by Crippen LogP contribution is -2.56. The molecule has 366 valence electrons. The van der Waals surface area contributed by atoms with Gasteiger partial charge in [-0.2, -0.15) is 0 Å². The zero-order valence-corrected chi connectivity index (χ0v) is 38.0. The highest BCUT2D eigenvalue weighted by Crippen LogP contribution is 2.31. The van der Waals surface area contributed by atoms with Crippen molar-refractivity contribution in [3.05, 3.63) is 84.6 Å². The van der Waals surface area contributed by atoms with Crippen LogP contribution in [0.25, 0.3) is 0 Å². The summed E-state index contributed by atoms with van der Waals surface area (Å²) >= 11 is 0. The first-order valence-corrected chi connectivity index (χ1v) is 21.5. The number of ether oxygens (including phenoxy) is 6. The van der Waals surface area contributed by atoms with Crippen LogP contribution in [0.5, 0.6) is 0 Å². The van der Waals surface area contributed by atoms with Crippen molar-refractivity contribution in [3.63, 3.8) is 0 Å². The van der Waals surface area contributed by atoms with Crippen LogP contribution in [-0.2, 0) is 33.2 Å². The van der Waals surface area contributed by atoms with E-state index < -0.39 is 96.7 Å². The lowest BCUT2D eigenvalue weighted by Gasteiger charge is -2.40. The van der Waals surface area contributed by atoms with Gasteiger partial charge in [0.1, 0.15) is 53.9 Å². The number of hydrogen-bond donors (Lipinski definition) is 9. The topological polar surface area (TPSA) is 293 Å². The minimum Gasteiger partial charge on any atom is -0.516 e. The third-order valence-electron chi connectivity index (χ3n) is 9.94. The molecule has 2 unspecified atom stereocenters. The molecule has 2 aliphatic heterocycles. The van der Waals surface area contributed by atoms with E-state index in [1.807, 2.05) is 0 Å². The molecule has 4 rings (SSSR count). The first-order valence-electron chi connectivity index (χ1n) is 21.5. The smallest absolute Gasteiger partial charge is 0.410 e. The molecule has 65 heavy (non-hydrogen) atoms. The van der Waals surface area contributed by atoms with Crippen LogP contribution in [0.15, 0.2) is 73.5 Å². The van der Waals surface area contributed by atoms with Crippen LogP contribution in [0, 0.1) is 0 Å². The van der Waals surface area contributed by atoms with Gasteiger partial charge in [-0.15, -0.1) is 0 Å². The Bertz CT molecular complexity index is 1650. The number of rotatable bonds is 19. The van der Waals surface area contributed by atoms with E-state index in [9.17, 15) is 45.0 Å². The SMILES string of the molecule is C=CO.CC(C)(C)OC(=O)NCC[C@@H](C(N)=O)N(CCCN(C[C@H](O)[C@@H](O)[C@@H]1OC(c2ccccc2)OC[C@H]1O)C[C@H](O)[C@@H](O)[C@@H]1OC(c2ccccc2)OC[C@H]1O)C(=O)OC(C)(C)C. The average molecular weight is 923 g/mol. The minimum absolute atomic E-state index is 0.0256. The Balaban J connectivity index is 0.00000363. The Morgan fingerprint density at radius 1 is 0.785 bits per heavy atom. The molecule has 20 nitrogen and oxygen atoms in total. The highest BCUT2D eigenvalue weighted by molar-refractivity contribution is 5.84. The van der Waals surface area contributed by atoms with Crippen molar-refractivity contribution in [3.8, 4) is 0 Å². The van der Waals surface area contributed by atoms with Gasteiger partial charge in [0.05, 0.1) is 31.7 Å². The van der Waals surface area contributed by atoms with E-state index in [-0.39, 0.29) is 58.8 Å². The van der Waals surface area contributed by atoms with Crippen LogP contribution >= 0.6 is 0 Å². The molecule has 20 heteroatoms. The van der Waals surface area contributed by atoms with Gasteiger partial charge in [0, 0.05) is 43.9 Å². The Hall–Kier alpha value is -4.45. The minimum atomic E-state index is -1.67. The monoisotopic (exact) mass is 922 g/mol. The van der Waals surface area contributed by atoms with Crippen molar-refractivity contribution >= 4 is 18.1 Å². The second-order valence-corrected chi connectivity index (χ2v) is 17.7. The lowest BCUT2D eigenvalue weighted by atomic mass is 9.99. The molecule has 2 saturated heterocycles. The fraction of sp³-hybridized carbons (Fsp3) is 0.622. The van der Waals surface area contributed by atoms with Gasteiger partial charge in [0.15, 0.2) is 12.6 Å². The number of aliphatic hydroxyl groups excluding tert-OH is 7. The van der Waals surface area contributed by atoms with Crippen LogP contribution < -0.4 is 11.1 Å². The Morgan fingerprint density at radius 2 is 1.22 bits per heavy atom. The van der Waals surface area contributed by atoms with Crippen molar-refractivity contribution in [2.75, 3.05) is 45.9 Å². The third kappa shape index (κ3) is 18.4. The number of nitrogens with two attached hydrogens (primary N) is 1. The van der Waals surface area contributed by atoms with Gasteiger partial charge in [-0.25, -0.2) is 9.59 Å². The number of carbonyl (C=O) groups excluding carboxylic acids is 3. The van der Waals surface area contributed by atoms with Crippen LogP contribution in [-0.4, -0.2) is 176 Å². The number of carbonyl (C=O) groups is 3. The van der Waals surface area contributed by atoms with E-state index in [1.54, 1.807) is 102 Å². The van der Waals surface area contributed by atoms with Gasteiger partial charge >= 0.3 is 12.2 Å². The summed E-state index contributed by atoms with van der Waals surface area (Å²) in [5, 5.41) is 77.2. The standard InChI is InChI=1S/C43H66N4O15.C2H4O/c1-42(2,3)61-40(55)45-19-18-28(37(44)54)47(41(56)62-43(4,5)6)21-13-20-46(22-29(48)33(52)35-31(50)24-57-38(59-35)26-14-9-7-10-15-26)23-30(49)34(53)36-32(51)25-58-39(60-36)27-16-11-8-12-17-27;1-2-3/h7-12,14-17,28-36,38-39,48-53H,13,18-25H2,1-6H3,(H2,44,54)(H,45,55);2-3H,1H2/t28-,29-,30-,31+,32+,33+,34+,35+,36+,38?,39?;/m0./s1. The van der Waals surface area contributed by atoms with Gasteiger partial charge in [-0.1, -0.05) is 67.2 Å². The Morgan fingerprint density at radius 3 is 1.62 bits per heavy atom. The van der Waals surface area contributed by atoms with E-state index in [0.29, 0.717) is 11.1 Å². The second-order valence-electron chi connectivity index (χ2n) is 17.7. The normalized spacial score (nSPS) is 23.6. The molecule has 0 radical (unpaired) electrons. The third-order valence-corrected chi connectivity index (χ3v) is 9.94. The second kappa shape index (κ2) is 26.0. The van der Waals surface area contributed by atoms with Crippen molar-refractivity contribution < 1.29 is 78.6 Å². The van der Waals surface area contributed by atoms with Crippen molar-refractivity contribution in [2.24, 2.45) is 5.73 Å². The molecule has 0 saturated carbocycles. The summed E-state index contributed by atoms with van der Waals surface area (Å²) in [6.45, 7) is 11.6. The number of benzene rings is 2. The summed E-state index contributed by atoms with van der Waals surface area (Å²) in [6.07, 6.45) is -14.6. The maximum Gasteiger partial charge on any atom is 0.410 e. The first kappa shape index (κ1) is 54.9. The molecule has 3 amide bonds. The van der Waals surface area contributed by atoms with E-state index in [0.717, 1.165) is 11.2 Å². The molecule has 2 aromatic carbocycles. The van der Waals surface area contributed by atoms with E-state index >= 15 is 0 Å². The van der Waals surface area contributed by atoms with E-state index in [2.05, 4.69) is 11.9 Å². The van der Waals surface area contributed by atoms with E-state index in [1.165, 1.54) is 4.90 Å². The summed E-state index contributed by atoms with van der Waals surface area (Å²) in [4.78, 5) is 41.4. The fourth-order valence-electron chi connectivity index (χ4n) is 6.97. The van der Waals surface area contributed by atoms with Crippen LogP contribution in [0.4, 0.5) is 9.59 Å². The molecule has 0 aromatic heterocycles. The lowest BCUT2D eigenvalue weighted by molar-refractivity contribution is -0.285. The highest BCUT2D eigenvalue weighted by Gasteiger charge is 2.42. The number of nitrogens with zero attached hydrogens (tertiary/aromatic N) is 2. The van der Waals surface area contributed by atoms with Gasteiger partial charge in [0.25, 0.3) is 0 Å². The molecule has 2 aromatic rings. The highest BCUT2D eigenvalue weighted by atomic mass is 16.7. The molecule has 0 aliphatic carbocycles. The van der Waals surface area contributed by atoms with Gasteiger partial charge in [0.2, 0.25) is 5.91 Å². The average Bonchev–Trinajstić information content (AvgIpc) is 3.23. The largest absolute Gasteiger partial charge is 0.516 e. The molecular weight excluding hydrogens is 853 g/mol. The van der Waals surface area contributed by atoms with Crippen molar-refractivity contribution in [1.29, 1.82) is 0 Å².